The third-order valence-electron chi connectivity index (χ3n) is 2.65. The number of anilines is 1. The van der Waals surface area contributed by atoms with Crippen molar-refractivity contribution in [3.63, 3.8) is 0 Å². The molecule has 0 bridgehead atoms. The molecule has 0 spiro atoms. The molecule has 1 unspecified atom stereocenters. The highest BCUT2D eigenvalue weighted by Gasteiger charge is 2.16. The van der Waals surface area contributed by atoms with Gasteiger partial charge in [0.15, 0.2) is 0 Å². The zero-order valence-electron chi connectivity index (χ0n) is 13.2. The molecule has 9 heteroatoms. The normalized spacial score (nSPS) is 12.4. The molecule has 6 nitrogen and oxygen atoms in total. The SMILES string of the molecule is CC(C)Oc1cc(Br)cc(NC(=O)C(N)CCS(C)(=O)=O)c1.Cl. The summed E-state index contributed by atoms with van der Waals surface area (Å²) in [5.74, 6) is 0.0588. The van der Waals surface area contributed by atoms with E-state index >= 15 is 0 Å². The van der Waals surface area contributed by atoms with Crippen LogP contribution in [-0.2, 0) is 14.6 Å². The maximum absolute atomic E-state index is 12.0. The maximum Gasteiger partial charge on any atom is 0.241 e. The molecule has 132 valence electrons. The number of hydrogen-bond donors (Lipinski definition) is 2. The Balaban J connectivity index is 0.00000484. The van der Waals surface area contributed by atoms with Gasteiger partial charge in [0.1, 0.15) is 15.6 Å². The molecule has 0 fully saturated rings. The molecule has 0 saturated carbocycles. The molecule has 0 aliphatic rings. The van der Waals surface area contributed by atoms with E-state index < -0.39 is 21.8 Å². The lowest BCUT2D eigenvalue weighted by atomic mass is 10.2. The number of ether oxygens (including phenoxy) is 1. The Hall–Kier alpha value is -0.830. The van der Waals surface area contributed by atoms with Gasteiger partial charge in [0.05, 0.1) is 17.9 Å². The Kier molecular flexibility index (Phi) is 9.12. The van der Waals surface area contributed by atoms with Crippen LogP contribution in [0.4, 0.5) is 5.69 Å². The summed E-state index contributed by atoms with van der Waals surface area (Å²) >= 11 is 3.34. The van der Waals surface area contributed by atoms with E-state index in [1.807, 2.05) is 13.8 Å². The van der Waals surface area contributed by atoms with E-state index in [2.05, 4.69) is 21.2 Å². The van der Waals surface area contributed by atoms with Crippen LogP contribution in [0.25, 0.3) is 0 Å². The summed E-state index contributed by atoms with van der Waals surface area (Å²) in [4.78, 5) is 12.0. The number of carbonyl (C=O) groups is 1. The fourth-order valence-electron chi connectivity index (χ4n) is 1.68. The zero-order chi connectivity index (χ0) is 16.9. The summed E-state index contributed by atoms with van der Waals surface area (Å²) < 4.78 is 28.5. The lowest BCUT2D eigenvalue weighted by Crippen LogP contribution is -2.37. The van der Waals surface area contributed by atoms with Gasteiger partial charge in [0.25, 0.3) is 0 Å². The molecule has 0 saturated heterocycles. The van der Waals surface area contributed by atoms with Gasteiger partial charge >= 0.3 is 0 Å². The number of sulfone groups is 1. The van der Waals surface area contributed by atoms with Crippen molar-refractivity contribution in [3.05, 3.63) is 22.7 Å². The average molecular weight is 430 g/mol. The molecule has 1 atom stereocenters. The second-order valence-electron chi connectivity index (χ2n) is 5.36. The van der Waals surface area contributed by atoms with Crippen molar-refractivity contribution in [2.45, 2.75) is 32.4 Å². The standard InChI is InChI=1S/C14H21BrN2O4S.ClH/c1-9(2)21-12-7-10(15)6-11(8-12)17-14(18)13(16)4-5-22(3,19)20;/h6-9,13H,4-5,16H2,1-3H3,(H,17,18);1H. The number of carbonyl (C=O) groups excluding carboxylic acids is 1. The lowest BCUT2D eigenvalue weighted by molar-refractivity contribution is -0.117. The van der Waals surface area contributed by atoms with Crippen LogP contribution in [-0.4, -0.2) is 38.5 Å². The van der Waals surface area contributed by atoms with E-state index in [1.165, 1.54) is 0 Å². The highest BCUT2D eigenvalue weighted by atomic mass is 79.9. The zero-order valence-corrected chi connectivity index (χ0v) is 16.4. The van der Waals surface area contributed by atoms with Crippen LogP contribution in [0.2, 0.25) is 0 Å². The molecular formula is C14H22BrClN2O4S. The van der Waals surface area contributed by atoms with Crippen LogP contribution in [0.15, 0.2) is 22.7 Å². The van der Waals surface area contributed by atoms with Crippen molar-refractivity contribution < 1.29 is 17.9 Å². The molecule has 1 aromatic rings. The fourth-order valence-corrected chi connectivity index (χ4v) is 2.84. The summed E-state index contributed by atoms with van der Waals surface area (Å²) in [6, 6.07) is 4.31. The smallest absolute Gasteiger partial charge is 0.241 e. The summed E-state index contributed by atoms with van der Waals surface area (Å²) in [7, 11) is -3.14. The van der Waals surface area contributed by atoms with Crippen LogP contribution < -0.4 is 15.8 Å². The molecule has 0 heterocycles. The predicted octanol–water partition coefficient (Wildman–Crippen LogP) is 2.36. The molecule has 3 N–H and O–H groups in total. The number of halogens is 2. The van der Waals surface area contributed by atoms with Crippen LogP contribution in [0.5, 0.6) is 5.75 Å². The number of nitrogens with two attached hydrogens (primary N) is 1. The molecule has 0 radical (unpaired) electrons. The molecule has 1 rings (SSSR count). The predicted molar refractivity (Wildman–Crippen MR) is 98.1 cm³/mol. The largest absolute Gasteiger partial charge is 0.491 e. The van der Waals surface area contributed by atoms with Crippen molar-refractivity contribution in [2.24, 2.45) is 5.73 Å². The number of nitrogens with one attached hydrogen (secondary N) is 1. The van der Waals surface area contributed by atoms with Crippen LogP contribution in [0, 0.1) is 0 Å². The van der Waals surface area contributed by atoms with E-state index in [0.29, 0.717) is 11.4 Å². The minimum absolute atomic E-state index is 0. The molecular weight excluding hydrogens is 408 g/mol. The first-order valence-electron chi connectivity index (χ1n) is 6.78. The minimum atomic E-state index is -3.14. The fraction of sp³-hybridized carbons (Fsp3) is 0.500. The molecule has 0 aromatic heterocycles. The Labute approximate surface area is 151 Å². The maximum atomic E-state index is 12.0. The van der Waals surface area contributed by atoms with E-state index in [1.54, 1.807) is 18.2 Å². The van der Waals surface area contributed by atoms with Gasteiger partial charge in [-0.15, -0.1) is 12.4 Å². The number of rotatable bonds is 7. The van der Waals surface area contributed by atoms with Gasteiger partial charge in [0, 0.05) is 22.5 Å². The molecule has 0 aliphatic carbocycles. The van der Waals surface area contributed by atoms with Crippen molar-refractivity contribution in [1.29, 1.82) is 0 Å². The Morgan fingerprint density at radius 1 is 1.35 bits per heavy atom. The second kappa shape index (κ2) is 9.46. The van der Waals surface area contributed by atoms with E-state index in [-0.39, 0.29) is 30.7 Å². The first kappa shape index (κ1) is 22.2. The summed E-state index contributed by atoms with van der Waals surface area (Å²) in [6.45, 7) is 3.81. The Morgan fingerprint density at radius 3 is 2.48 bits per heavy atom. The third-order valence-corrected chi connectivity index (χ3v) is 4.08. The van der Waals surface area contributed by atoms with Crippen molar-refractivity contribution in [1.82, 2.24) is 0 Å². The van der Waals surface area contributed by atoms with Crippen LogP contribution in [0.1, 0.15) is 20.3 Å². The van der Waals surface area contributed by atoms with E-state index in [0.717, 1.165) is 10.7 Å². The van der Waals surface area contributed by atoms with Gasteiger partial charge in [-0.25, -0.2) is 8.42 Å². The Bertz CT molecular complexity index is 638. The van der Waals surface area contributed by atoms with Gasteiger partial charge in [-0.1, -0.05) is 15.9 Å². The minimum Gasteiger partial charge on any atom is -0.491 e. The number of amides is 1. The second-order valence-corrected chi connectivity index (χ2v) is 8.53. The van der Waals surface area contributed by atoms with Gasteiger partial charge in [-0.05, 0) is 32.4 Å². The average Bonchev–Trinajstić information content (AvgIpc) is 2.33. The quantitative estimate of drug-likeness (QED) is 0.693. The summed E-state index contributed by atoms with van der Waals surface area (Å²) in [5.41, 5.74) is 6.24. The van der Waals surface area contributed by atoms with Crippen molar-refractivity contribution >= 4 is 49.8 Å². The van der Waals surface area contributed by atoms with Crippen molar-refractivity contribution in [3.8, 4) is 5.75 Å². The highest BCUT2D eigenvalue weighted by molar-refractivity contribution is 9.10. The van der Waals surface area contributed by atoms with Crippen molar-refractivity contribution in [2.75, 3.05) is 17.3 Å². The topological polar surface area (TPSA) is 98.5 Å². The number of benzene rings is 1. The summed E-state index contributed by atoms with van der Waals surface area (Å²) in [6.07, 6.45) is 1.20. The monoisotopic (exact) mass is 428 g/mol. The van der Waals surface area contributed by atoms with Gasteiger partial charge in [-0.2, -0.15) is 0 Å². The molecule has 1 aromatic carbocycles. The molecule has 0 aliphatic heterocycles. The van der Waals surface area contributed by atoms with Gasteiger partial charge in [0.2, 0.25) is 5.91 Å². The Morgan fingerprint density at radius 2 is 1.96 bits per heavy atom. The third kappa shape index (κ3) is 9.14. The molecule has 23 heavy (non-hydrogen) atoms. The summed E-state index contributed by atoms with van der Waals surface area (Å²) in [5, 5.41) is 2.66. The van der Waals surface area contributed by atoms with E-state index in [9.17, 15) is 13.2 Å². The highest BCUT2D eigenvalue weighted by Crippen LogP contribution is 2.25. The lowest BCUT2D eigenvalue weighted by Gasteiger charge is -2.14. The van der Waals surface area contributed by atoms with Gasteiger partial charge < -0.3 is 15.8 Å². The first-order chi connectivity index (χ1) is 10.1. The number of hydrogen-bond acceptors (Lipinski definition) is 5. The van der Waals surface area contributed by atoms with Gasteiger partial charge in [-0.3, -0.25) is 4.79 Å². The van der Waals surface area contributed by atoms with Crippen LogP contribution in [0.3, 0.4) is 0 Å². The van der Waals surface area contributed by atoms with E-state index in [4.69, 9.17) is 10.5 Å². The molecule has 1 amide bonds. The van der Waals surface area contributed by atoms with Crippen LogP contribution >= 0.6 is 28.3 Å². The first-order valence-corrected chi connectivity index (χ1v) is 9.63.